The Morgan fingerprint density at radius 2 is 1.90 bits per heavy atom. The summed E-state index contributed by atoms with van der Waals surface area (Å²) in [5, 5.41) is 3.78. The van der Waals surface area contributed by atoms with Crippen LogP contribution in [0.2, 0.25) is 5.02 Å². The molecule has 0 amide bonds. The highest BCUT2D eigenvalue weighted by atomic mass is 35.5. The summed E-state index contributed by atoms with van der Waals surface area (Å²) in [5.41, 5.74) is 2.23. The third kappa shape index (κ3) is 4.62. The van der Waals surface area contributed by atoms with Crippen LogP contribution in [0.3, 0.4) is 0 Å². The average molecular weight is 292 g/mol. The average Bonchev–Trinajstić information content (AvgIpc) is 2.43. The molecule has 1 atom stereocenters. The third-order valence-electron chi connectivity index (χ3n) is 3.37. The molecule has 0 radical (unpaired) electrons. The fourth-order valence-corrected chi connectivity index (χ4v) is 2.46. The highest BCUT2D eigenvalue weighted by Gasteiger charge is 2.04. The van der Waals surface area contributed by atoms with Gasteiger partial charge in [0.25, 0.3) is 0 Å². The molecule has 0 aliphatic rings. The van der Waals surface area contributed by atoms with Crippen LogP contribution in [0.25, 0.3) is 0 Å². The summed E-state index contributed by atoms with van der Waals surface area (Å²) in [6.07, 6.45) is 1.05. The molecule has 0 aromatic heterocycles. The van der Waals surface area contributed by atoms with E-state index < -0.39 is 0 Å². The van der Waals surface area contributed by atoms with Crippen molar-refractivity contribution in [3.8, 4) is 0 Å². The van der Waals surface area contributed by atoms with Gasteiger partial charge in [0.05, 0.1) is 0 Å². The normalized spacial score (nSPS) is 12.3. The molecular weight excluding hydrogens is 273 g/mol. The van der Waals surface area contributed by atoms with Gasteiger partial charge in [-0.05, 0) is 48.2 Å². The predicted octanol–water partition coefficient (Wildman–Crippen LogP) is 4.76. The highest BCUT2D eigenvalue weighted by Crippen LogP contribution is 2.18. The summed E-state index contributed by atoms with van der Waals surface area (Å²) < 4.78 is 13.2. The van der Waals surface area contributed by atoms with Gasteiger partial charge in [0.15, 0.2) is 0 Å². The summed E-state index contributed by atoms with van der Waals surface area (Å²) in [5.74, 6) is 0.228. The first-order valence-corrected chi connectivity index (χ1v) is 7.23. The van der Waals surface area contributed by atoms with Crippen LogP contribution < -0.4 is 5.32 Å². The molecule has 2 aromatic rings. The zero-order valence-corrected chi connectivity index (χ0v) is 12.3. The molecule has 2 rings (SSSR count). The van der Waals surface area contributed by atoms with Crippen molar-refractivity contribution >= 4 is 11.6 Å². The molecule has 106 valence electrons. The second-order valence-corrected chi connectivity index (χ2v) is 5.49. The molecule has 0 aliphatic heterocycles. The minimum Gasteiger partial charge on any atom is -0.313 e. The van der Waals surface area contributed by atoms with Crippen molar-refractivity contribution in [2.45, 2.75) is 25.8 Å². The molecule has 20 heavy (non-hydrogen) atoms. The quantitative estimate of drug-likeness (QED) is 0.757. The van der Waals surface area contributed by atoms with E-state index in [4.69, 9.17) is 11.6 Å². The smallest absolute Gasteiger partial charge is 0.125 e. The minimum absolute atomic E-state index is 0.285. The first kappa shape index (κ1) is 15.0. The van der Waals surface area contributed by atoms with Crippen LogP contribution in [-0.2, 0) is 6.54 Å². The van der Waals surface area contributed by atoms with E-state index in [0.717, 1.165) is 18.5 Å². The van der Waals surface area contributed by atoms with Crippen molar-refractivity contribution in [3.63, 3.8) is 0 Å². The summed E-state index contributed by atoms with van der Waals surface area (Å²) in [6.45, 7) is 3.75. The molecule has 1 nitrogen and oxygen atoms in total. The van der Waals surface area contributed by atoms with Crippen molar-refractivity contribution < 1.29 is 4.39 Å². The van der Waals surface area contributed by atoms with Crippen LogP contribution in [0.15, 0.2) is 48.5 Å². The van der Waals surface area contributed by atoms with Crippen LogP contribution in [0.1, 0.15) is 30.4 Å². The van der Waals surface area contributed by atoms with Gasteiger partial charge in [-0.3, -0.25) is 0 Å². The van der Waals surface area contributed by atoms with Gasteiger partial charge in [-0.1, -0.05) is 48.9 Å². The molecule has 3 heteroatoms. The van der Waals surface area contributed by atoms with E-state index in [1.54, 1.807) is 6.07 Å². The zero-order chi connectivity index (χ0) is 14.4. The van der Waals surface area contributed by atoms with Gasteiger partial charge in [0.1, 0.15) is 5.82 Å². The van der Waals surface area contributed by atoms with Crippen LogP contribution in [0.4, 0.5) is 4.39 Å². The lowest BCUT2D eigenvalue weighted by Crippen LogP contribution is -2.16. The topological polar surface area (TPSA) is 12.0 Å². The lowest BCUT2D eigenvalue weighted by molar-refractivity contribution is 0.588. The van der Waals surface area contributed by atoms with Gasteiger partial charge in [-0.15, -0.1) is 0 Å². The fourth-order valence-electron chi connectivity index (χ4n) is 2.21. The first-order chi connectivity index (χ1) is 9.65. The van der Waals surface area contributed by atoms with Crippen molar-refractivity contribution in [2.75, 3.05) is 6.54 Å². The summed E-state index contributed by atoms with van der Waals surface area (Å²) in [4.78, 5) is 0. The lowest BCUT2D eigenvalue weighted by Gasteiger charge is -2.12. The molecule has 1 N–H and O–H groups in total. The second-order valence-electron chi connectivity index (χ2n) is 5.05. The maximum atomic E-state index is 13.2. The van der Waals surface area contributed by atoms with Crippen molar-refractivity contribution in [1.29, 1.82) is 0 Å². The van der Waals surface area contributed by atoms with Gasteiger partial charge >= 0.3 is 0 Å². The Morgan fingerprint density at radius 1 is 1.15 bits per heavy atom. The summed E-state index contributed by atoms with van der Waals surface area (Å²) in [7, 11) is 0. The number of rotatable bonds is 6. The number of nitrogens with one attached hydrogen (secondary N) is 1. The van der Waals surface area contributed by atoms with Gasteiger partial charge in [-0.2, -0.15) is 0 Å². The van der Waals surface area contributed by atoms with Crippen LogP contribution in [0.5, 0.6) is 0 Å². The number of benzene rings is 2. The Labute approximate surface area is 124 Å². The SMILES string of the molecule is CC(CCNCc1cc(F)cc(Cl)c1)c1ccccc1. The van der Waals surface area contributed by atoms with Crippen molar-refractivity contribution in [3.05, 3.63) is 70.5 Å². The Balaban J connectivity index is 1.76. The number of hydrogen-bond acceptors (Lipinski definition) is 1. The van der Waals surface area contributed by atoms with Gasteiger partial charge < -0.3 is 5.32 Å². The minimum atomic E-state index is -0.285. The maximum Gasteiger partial charge on any atom is 0.125 e. The van der Waals surface area contributed by atoms with Crippen molar-refractivity contribution in [2.24, 2.45) is 0 Å². The molecule has 0 fully saturated rings. The molecular formula is C17H19ClFN. The van der Waals surface area contributed by atoms with E-state index >= 15 is 0 Å². The van der Waals surface area contributed by atoms with Crippen LogP contribution in [-0.4, -0.2) is 6.54 Å². The van der Waals surface area contributed by atoms with Crippen molar-refractivity contribution in [1.82, 2.24) is 5.32 Å². The Bertz CT molecular complexity index is 522. The molecule has 0 aliphatic carbocycles. The molecule has 2 aromatic carbocycles. The monoisotopic (exact) mass is 291 g/mol. The van der Waals surface area contributed by atoms with Crippen LogP contribution in [0, 0.1) is 5.82 Å². The largest absolute Gasteiger partial charge is 0.313 e. The zero-order valence-electron chi connectivity index (χ0n) is 11.6. The Morgan fingerprint density at radius 3 is 2.60 bits per heavy atom. The van der Waals surface area contributed by atoms with E-state index in [1.807, 2.05) is 6.07 Å². The van der Waals surface area contributed by atoms with Gasteiger partial charge in [0, 0.05) is 11.6 Å². The fraction of sp³-hybridized carbons (Fsp3) is 0.294. The number of halogens is 2. The molecule has 0 spiro atoms. The molecule has 1 unspecified atom stereocenters. The molecule has 0 saturated carbocycles. The molecule has 0 heterocycles. The Kier molecular flexibility index (Phi) is 5.57. The number of hydrogen-bond donors (Lipinski definition) is 1. The summed E-state index contributed by atoms with van der Waals surface area (Å²) >= 11 is 5.83. The standard InChI is InChI=1S/C17H19ClFN/c1-13(15-5-3-2-4-6-15)7-8-20-12-14-9-16(18)11-17(19)10-14/h2-6,9-11,13,20H,7-8,12H2,1H3. The predicted molar refractivity (Wildman–Crippen MR) is 82.6 cm³/mol. The lowest BCUT2D eigenvalue weighted by atomic mass is 9.98. The summed E-state index contributed by atoms with van der Waals surface area (Å²) in [6, 6.07) is 15.1. The highest BCUT2D eigenvalue weighted by molar-refractivity contribution is 6.30. The van der Waals surface area contributed by atoms with Gasteiger partial charge in [0.2, 0.25) is 0 Å². The van der Waals surface area contributed by atoms with E-state index in [-0.39, 0.29) is 5.82 Å². The van der Waals surface area contributed by atoms with E-state index in [1.165, 1.54) is 17.7 Å². The van der Waals surface area contributed by atoms with Crippen LogP contribution >= 0.6 is 11.6 Å². The Hall–Kier alpha value is -1.38. The second kappa shape index (κ2) is 7.41. The molecule has 0 bridgehead atoms. The van der Waals surface area contributed by atoms with E-state index in [0.29, 0.717) is 17.5 Å². The molecule has 0 saturated heterocycles. The first-order valence-electron chi connectivity index (χ1n) is 6.86. The van der Waals surface area contributed by atoms with Gasteiger partial charge in [-0.25, -0.2) is 4.39 Å². The van der Waals surface area contributed by atoms with E-state index in [2.05, 4.69) is 36.5 Å². The van der Waals surface area contributed by atoms with E-state index in [9.17, 15) is 4.39 Å². The third-order valence-corrected chi connectivity index (χ3v) is 3.59. The maximum absolute atomic E-state index is 13.2.